The third-order valence-electron chi connectivity index (χ3n) is 3.42. The molecule has 0 aromatic heterocycles. The number of nitrogens with zero attached hydrogens (tertiary/aromatic N) is 1. The van der Waals surface area contributed by atoms with E-state index in [0.29, 0.717) is 6.04 Å². The summed E-state index contributed by atoms with van der Waals surface area (Å²) >= 11 is 0. The Morgan fingerprint density at radius 2 is 1.67 bits per heavy atom. The number of hydrogen-bond donors (Lipinski definition) is 1. The van der Waals surface area contributed by atoms with Gasteiger partial charge in [0.15, 0.2) is 0 Å². The quantitative estimate of drug-likeness (QED) is 0.640. The second-order valence-corrected chi connectivity index (χ2v) is 4.66. The fourth-order valence-corrected chi connectivity index (χ4v) is 3.10. The monoisotopic (exact) mass is 168 g/mol. The molecule has 2 rings (SSSR count). The molecule has 2 aliphatic heterocycles. The minimum absolute atomic E-state index is 0.484. The summed E-state index contributed by atoms with van der Waals surface area (Å²) in [5, 5.41) is 0. The zero-order valence-electron chi connectivity index (χ0n) is 8.16. The molecule has 0 amide bonds. The Balaban J connectivity index is 2.09. The van der Waals surface area contributed by atoms with Gasteiger partial charge in [-0.15, -0.1) is 0 Å². The molecule has 2 saturated heterocycles. The molecule has 2 fully saturated rings. The minimum Gasteiger partial charge on any atom is -0.328 e. The first-order valence-electron chi connectivity index (χ1n) is 5.21. The van der Waals surface area contributed by atoms with Crippen LogP contribution in [0.15, 0.2) is 0 Å². The van der Waals surface area contributed by atoms with Gasteiger partial charge in [-0.05, 0) is 39.5 Å². The zero-order valence-corrected chi connectivity index (χ0v) is 8.16. The van der Waals surface area contributed by atoms with Crippen LogP contribution in [0.25, 0.3) is 0 Å². The van der Waals surface area contributed by atoms with Crippen LogP contribution in [0.4, 0.5) is 0 Å². The molecular formula is C10H20N2. The molecule has 0 aromatic rings. The lowest BCUT2D eigenvalue weighted by Crippen LogP contribution is -2.50. The summed E-state index contributed by atoms with van der Waals surface area (Å²) in [6.45, 7) is 4.62. The molecule has 3 atom stereocenters. The van der Waals surface area contributed by atoms with E-state index in [9.17, 15) is 0 Å². The highest BCUT2D eigenvalue weighted by Crippen LogP contribution is 2.36. The molecule has 2 aliphatic rings. The fraction of sp³-hybridized carbons (Fsp3) is 1.00. The van der Waals surface area contributed by atoms with Crippen molar-refractivity contribution in [1.29, 1.82) is 0 Å². The van der Waals surface area contributed by atoms with Gasteiger partial charge in [0.05, 0.1) is 0 Å². The van der Waals surface area contributed by atoms with E-state index in [1.165, 1.54) is 25.7 Å². The van der Waals surface area contributed by atoms with Crippen LogP contribution >= 0.6 is 0 Å². The largest absolute Gasteiger partial charge is 0.328 e. The first kappa shape index (κ1) is 8.52. The molecule has 0 saturated carbocycles. The van der Waals surface area contributed by atoms with Crippen molar-refractivity contribution in [3.8, 4) is 0 Å². The Bertz CT molecular complexity index is 153. The van der Waals surface area contributed by atoms with E-state index >= 15 is 0 Å². The maximum absolute atomic E-state index is 5.99. The van der Waals surface area contributed by atoms with Gasteiger partial charge in [0.1, 0.15) is 0 Å². The predicted molar refractivity (Wildman–Crippen MR) is 51.0 cm³/mol. The van der Waals surface area contributed by atoms with E-state index in [0.717, 1.165) is 18.1 Å². The van der Waals surface area contributed by atoms with Crippen LogP contribution in [0, 0.1) is 0 Å². The van der Waals surface area contributed by atoms with Gasteiger partial charge in [-0.1, -0.05) is 0 Å². The van der Waals surface area contributed by atoms with Gasteiger partial charge in [0.2, 0.25) is 0 Å². The summed E-state index contributed by atoms with van der Waals surface area (Å²) in [4.78, 5) is 2.68. The van der Waals surface area contributed by atoms with E-state index in [1.54, 1.807) is 0 Å². The second-order valence-electron chi connectivity index (χ2n) is 4.66. The highest BCUT2D eigenvalue weighted by molar-refractivity contribution is 4.97. The van der Waals surface area contributed by atoms with E-state index < -0.39 is 0 Å². The number of hydrogen-bond acceptors (Lipinski definition) is 2. The molecule has 2 bridgehead atoms. The molecule has 12 heavy (non-hydrogen) atoms. The Morgan fingerprint density at radius 1 is 1.17 bits per heavy atom. The van der Waals surface area contributed by atoms with Gasteiger partial charge in [0, 0.05) is 24.2 Å². The van der Waals surface area contributed by atoms with Gasteiger partial charge < -0.3 is 5.73 Å². The average Bonchev–Trinajstić information content (AvgIpc) is 2.24. The van der Waals surface area contributed by atoms with E-state index in [-0.39, 0.29) is 0 Å². The number of nitrogens with two attached hydrogens (primary N) is 1. The average molecular weight is 168 g/mol. The molecule has 0 spiro atoms. The van der Waals surface area contributed by atoms with Crippen LogP contribution < -0.4 is 5.73 Å². The summed E-state index contributed by atoms with van der Waals surface area (Å²) < 4.78 is 0. The SMILES string of the molecule is CC(C)N1[C@@H]2CC[C@H]1CC(N)C2. The van der Waals surface area contributed by atoms with Crippen molar-refractivity contribution in [2.45, 2.75) is 63.7 Å². The third-order valence-corrected chi connectivity index (χ3v) is 3.42. The molecule has 0 aliphatic carbocycles. The summed E-state index contributed by atoms with van der Waals surface area (Å²) in [5.74, 6) is 0. The molecule has 70 valence electrons. The molecule has 1 unspecified atom stereocenters. The Kier molecular flexibility index (Phi) is 2.13. The lowest BCUT2D eigenvalue weighted by molar-refractivity contribution is 0.0938. The summed E-state index contributed by atoms with van der Waals surface area (Å²) in [6.07, 6.45) is 5.23. The van der Waals surface area contributed by atoms with Gasteiger partial charge in [0.25, 0.3) is 0 Å². The van der Waals surface area contributed by atoms with Gasteiger partial charge >= 0.3 is 0 Å². The van der Waals surface area contributed by atoms with Crippen LogP contribution in [-0.2, 0) is 0 Å². The summed E-state index contributed by atoms with van der Waals surface area (Å²) in [7, 11) is 0. The summed E-state index contributed by atoms with van der Waals surface area (Å²) in [6, 6.07) is 2.81. The molecule has 2 nitrogen and oxygen atoms in total. The van der Waals surface area contributed by atoms with Crippen LogP contribution in [0.5, 0.6) is 0 Å². The van der Waals surface area contributed by atoms with E-state index in [1.807, 2.05) is 0 Å². The molecule has 0 aromatic carbocycles. The molecule has 0 radical (unpaired) electrons. The van der Waals surface area contributed by atoms with Gasteiger partial charge in [-0.3, -0.25) is 4.90 Å². The normalized spacial score (nSPS) is 42.5. The highest BCUT2D eigenvalue weighted by Gasteiger charge is 2.40. The van der Waals surface area contributed by atoms with Crippen molar-refractivity contribution in [2.24, 2.45) is 5.73 Å². The first-order chi connectivity index (χ1) is 5.68. The van der Waals surface area contributed by atoms with Gasteiger partial charge in [-0.25, -0.2) is 0 Å². The smallest absolute Gasteiger partial charge is 0.0116 e. The van der Waals surface area contributed by atoms with Crippen LogP contribution in [0.2, 0.25) is 0 Å². The lowest BCUT2D eigenvalue weighted by atomic mass is 9.97. The Morgan fingerprint density at radius 3 is 2.08 bits per heavy atom. The van der Waals surface area contributed by atoms with Crippen molar-refractivity contribution < 1.29 is 0 Å². The third kappa shape index (κ3) is 1.27. The zero-order chi connectivity index (χ0) is 8.72. The van der Waals surface area contributed by atoms with E-state index in [2.05, 4.69) is 18.7 Å². The first-order valence-corrected chi connectivity index (χ1v) is 5.21. The molecule has 2 heterocycles. The highest BCUT2D eigenvalue weighted by atomic mass is 15.2. The van der Waals surface area contributed by atoms with E-state index in [4.69, 9.17) is 5.73 Å². The van der Waals surface area contributed by atoms with Crippen molar-refractivity contribution in [3.05, 3.63) is 0 Å². The maximum atomic E-state index is 5.99. The molecular weight excluding hydrogens is 148 g/mol. The van der Waals surface area contributed by atoms with Crippen LogP contribution in [0.1, 0.15) is 39.5 Å². The van der Waals surface area contributed by atoms with Crippen molar-refractivity contribution in [2.75, 3.05) is 0 Å². The van der Waals surface area contributed by atoms with Crippen LogP contribution in [-0.4, -0.2) is 29.1 Å². The Labute approximate surface area is 75.1 Å². The Hall–Kier alpha value is -0.0800. The maximum Gasteiger partial charge on any atom is 0.0116 e. The lowest BCUT2D eigenvalue weighted by Gasteiger charge is -2.40. The predicted octanol–water partition coefficient (Wildman–Crippen LogP) is 1.35. The van der Waals surface area contributed by atoms with Gasteiger partial charge in [-0.2, -0.15) is 0 Å². The molecule has 2 heteroatoms. The number of rotatable bonds is 1. The van der Waals surface area contributed by atoms with Crippen molar-refractivity contribution in [3.63, 3.8) is 0 Å². The van der Waals surface area contributed by atoms with Crippen molar-refractivity contribution in [1.82, 2.24) is 4.90 Å². The minimum atomic E-state index is 0.484. The standard InChI is InChI=1S/C10H20N2/c1-7(2)12-9-3-4-10(12)6-8(11)5-9/h7-10H,3-6,11H2,1-2H3/t8?,9-,10+. The van der Waals surface area contributed by atoms with Crippen molar-refractivity contribution >= 4 is 0 Å². The summed E-state index contributed by atoms with van der Waals surface area (Å²) in [5.41, 5.74) is 5.99. The number of fused-ring (bicyclic) bond motifs is 2. The molecule has 2 N–H and O–H groups in total. The number of piperidine rings is 1. The second kappa shape index (κ2) is 3.00. The fourth-order valence-electron chi connectivity index (χ4n) is 3.10. The van der Waals surface area contributed by atoms with Crippen LogP contribution in [0.3, 0.4) is 0 Å². The topological polar surface area (TPSA) is 29.3 Å².